The number of aliphatic carboxylic acids is 1. The van der Waals surface area contributed by atoms with Gasteiger partial charge in [0, 0.05) is 6.61 Å². The lowest BCUT2D eigenvalue weighted by Gasteiger charge is -2.57. The fourth-order valence-corrected chi connectivity index (χ4v) is 5.55. The Morgan fingerprint density at radius 1 is 1.35 bits per heavy atom. The molecule has 132 valence electrons. The molecule has 0 amide bonds. The number of aliphatic hydroxyl groups is 1. The lowest BCUT2D eigenvalue weighted by atomic mass is 9.46. The first-order valence-corrected chi connectivity index (χ1v) is 9.27. The van der Waals surface area contributed by atoms with E-state index in [9.17, 15) is 9.90 Å². The predicted octanol–water partition coefficient (Wildman–Crippen LogP) is 4.65. The van der Waals surface area contributed by atoms with Crippen LogP contribution in [-0.2, 0) is 4.79 Å². The van der Waals surface area contributed by atoms with Crippen molar-refractivity contribution in [2.75, 3.05) is 6.61 Å². The summed E-state index contributed by atoms with van der Waals surface area (Å²) >= 11 is 0. The fourth-order valence-electron chi connectivity index (χ4n) is 5.55. The van der Waals surface area contributed by atoms with Crippen molar-refractivity contribution in [3.8, 4) is 0 Å². The molecule has 2 aliphatic rings. The molecule has 0 radical (unpaired) electrons. The molecule has 2 aliphatic carbocycles. The Morgan fingerprint density at radius 2 is 2.04 bits per heavy atom. The van der Waals surface area contributed by atoms with Gasteiger partial charge in [0.25, 0.3) is 0 Å². The second-order valence-electron chi connectivity index (χ2n) is 8.58. The van der Waals surface area contributed by atoms with Crippen LogP contribution < -0.4 is 0 Å². The zero-order chi connectivity index (χ0) is 17.3. The molecule has 0 aromatic heterocycles. The maximum absolute atomic E-state index is 12.0. The van der Waals surface area contributed by atoms with Crippen LogP contribution in [0.4, 0.5) is 0 Å². The van der Waals surface area contributed by atoms with Crippen molar-refractivity contribution in [2.45, 2.75) is 72.1 Å². The zero-order valence-electron chi connectivity index (χ0n) is 15.1. The van der Waals surface area contributed by atoms with E-state index in [0.717, 1.165) is 51.4 Å². The molecule has 0 spiro atoms. The average Bonchev–Trinajstić information content (AvgIpc) is 2.46. The number of carboxylic acids is 1. The van der Waals surface area contributed by atoms with Crippen LogP contribution >= 0.6 is 0 Å². The molecule has 2 N–H and O–H groups in total. The van der Waals surface area contributed by atoms with Crippen LogP contribution in [0, 0.1) is 28.6 Å². The van der Waals surface area contributed by atoms with Crippen LogP contribution in [0.5, 0.6) is 0 Å². The summed E-state index contributed by atoms with van der Waals surface area (Å²) in [5.41, 5.74) is 0.817. The molecule has 0 aromatic carbocycles. The van der Waals surface area contributed by atoms with Gasteiger partial charge in [-0.1, -0.05) is 38.8 Å². The van der Waals surface area contributed by atoms with Gasteiger partial charge in [0.15, 0.2) is 0 Å². The second kappa shape index (κ2) is 6.96. The fraction of sp³-hybridized carbons (Fsp3) is 0.850. The van der Waals surface area contributed by atoms with Gasteiger partial charge in [-0.15, -0.1) is 0 Å². The molecule has 0 aliphatic heterocycles. The van der Waals surface area contributed by atoms with Crippen molar-refractivity contribution in [3.63, 3.8) is 0 Å². The molecule has 0 bridgehead atoms. The largest absolute Gasteiger partial charge is 0.481 e. The highest BCUT2D eigenvalue weighted by Crippen LogP contribution is 2.62. The lowest BCUT2D eigenvalue weighted by molar-refractivity contribution is -0.164. The zero-order valence-corrected chi connectivity index (χ0v) is 15.1. The summed E-state index contributed by atoms with van der Waals surface area (Å²) < 4.78 is 0. The second-order valence-corrected chi connectivity index (χ2v) is 8.58. The SMILES string of the molecule is C=C1CC[C@H]2[C@@](C)(CCC[C@]2(C)C(=O)O)[C@@H]1CC[C@H](C)CCO. The van der Waals surface area contributed by atoms with E-state index < -0.39 is 11.4 Å². The van der Waals surface area contributed by atoms with Crippen LogP contribution in [0.25, 0.3) is 0 Å². The molecule has 5 atom stereocenters. The minimum Gasteiger partial charge on any atom is -0.481 e. The Morgan fingerprint density at radius 3 is 2.65 bits per heavy atom. The number of rotatable bonds is 6. The number of allylic oxidation sites excluding steroid dienone is 1. The minimum absolute atomic E-state index is 0.0691. The Hall–Kier alpha value is -0.830. The van der Waals surface area contributed by atoms with Crippen LogP contribution in [0.3, 0.4) is 0 Å². The molecule has 2 saturated carbocycles. The van der Waals surface area contributed by atoms with Crippen LogP contribution in [0.2, 0.25) is 0 Å². The summed E-state index contributed by atoms with van der Waals surface area (Å²) in [6.07, 6.45) is 7.92. The van der Waals surface area contributed by atoms with Crippen molar-refractivity contribution in [1.82, 2.24) is 0 Å². The summed E-state index contributed by atoms with van der Waals surface area (Å²) in [4.78, 5) is 12.0. The van der Waals surface area contributed by atoms with Gasteiger partial charge in [-0.25, -0.2) is 0 Å². The van der Waals surface area contributed by atoms with E-state index in [0.29, 0.717) is 11.8 Å². The van der Waals surface area contributed by atoms with Crippen molar-refractivity contribution in [1.29, 1.82) is 0 Å². The summed E-state index contributed by atoms with van der Waals surface area (Å²) in [6, 6.07) is 0. The summed E-state index contributed by atoms with van der Waals surface area (Å²) in [6.45, 7) is 11.1. The van der Waals surface area contributed by atoms with E-state index in [4.69, 9.17) is 5.11 Å². The smallest absolute Gasteiger partial charge is 0.309 e. The Labute approximate surface area is 141 Å². The van der Waals surface area contributed by atoms with Crippen LogP contribution in [0.1, 0.15) is 72.1 Å². The number of carbonyl (C=O) groups is 1. The Bertz CT molecular complexity index is 458. The number of fused-ring (bicyclic) bond motifs is 1. The maximum atomic E-state index is 12.0. The van der Waals surface area contributed by atoms with Gasteiger partial charge in [0.2, 0.25) is 0 Å². The van der Waals surface area contributed by atoms with Crippen molar-refractivity contribution in [2.24, 2.45) is 28.6 Å². The highest BCUT2D eigenvalue weighted by Gasteiger charge is 2.57. The van der Waals surface area contributed by atoms with Crippen molar-refractivity contribution >= 4 is 5.97 Å². The molecule has 0 saturated heterocycles. The molecule has 0 unspecified atom stereocenters. The summed E-state index contributed by atoms with van der Waals surface area (Å²) in [5, 5.41) is 19.0. The normalized spacial score (nSPS) is 38.9. The molecular formula is C20H34O3. The third kappa shape index (κ3) is 3.35. The number of carboxylic acid groups (broad SMARTS) is 1. The van der Waals surface area contributed by atoms with Gasteiger partial charge in [-0.2, -0.15) is 0 Å². The first kappa shape index (κ1) is 18.5. The van der Waals surface area contributed by atoms with E-state index >= 15 is 0 Å². The van der Waals surface area contributed by atoms with E-state index in [2.05, 4.69) is 20.4 Å². The number of hydrogen-bond donors (Lipinski definition) is 2. The average molecular weight is 322 g/mol. The molecule has 2 rings (SSSR count). The molecular weight excluding hydrogens is 288 g/mol. The minimum atomic E-state index is -0.617. The van der Waals surface area contributed by atoms with Crippen LogP contribution in [0.15, 0.2) is 12.2 Å². The quantitative estimate of drug-likeness (QED) is 0.700. The monoisotopic (exact) mass is 322 g/mol. The Kier molecular flexibility index (Phi) is 5.60. The van der Waals surface area contributed by atoms with Gasteiger partial charge in [0.1, 0.15) is 0 Å². The Balaban J connectivity index is 2.21. The molecule has 2 fully saturated rings. The van der Waals surface area contributed by atoms with E-state index in [-0.39, 0.29) is 17.9 Å². The summed E-state index contributed by atoms with van der Waals surface area (Å²) in [5.74, 6) is 0.589. The van der Waals surface area contributed by atoms with Crippen molar-refractivity contribution < 1.29 is 15.0 Å². The third-order valence-corrected chi connectivity index (χ3v) is 7.08. The lowest BCUT2D eigenvalue weighted by Crippen LogP contribution is -2.53. The van der Waals surface area contributed by atoms with Gasteiger partial charge < -0.3 is 10.2 Å². The van der Waals surface area contributed by atoms with Crippen LogP contribution in [-0.4, -0.2) is 22.8 Å². The highest BCUT2D eigenvalue weighted by atomic mass is 16.4. The highest BCUT2D eigenvalue weighted by molar-refractivity contribution is 5.75. The van der Waals surface area contributed by atoms with E-state index in [1.165, 1.54) is 5.57 Å². The number of hydrogen-bond acceptors (Lipinski definition) is 2. The van der Waals surface area contributed by atoms with Gasteiger partial charge >= 0.3 is 5.97 Å². The summed E-state index contributed by atoms with van der Waals surface area (Å²) in [7, 11) is 0. The standard InChI is InChI=1S/C20H34O3/c1-14(10-13-21)6-8-16-15(2)7-9-17-19(16,3)11-5-12-20(17,4)18(22)23/h14,16-17,21H,2,5-13H2,1,3-4H3,(H,22,23)/t14-,16+,17-,19-,20-/m0/s1. The van der Waals surface area contributed by atoms with E-state index in [1.807, 2.05) is 6.92 Å². The first-order chi connectivity index (χ1) is 10.8. The van der Waals surface area contributed by atoms with Crippen molar-refractivity contribution in [3.05, 3.63) is 12.2 Å². The molecule has 23 heavy (non-hydrogen) atoms. The molecule has 0 heterocycles. The maximum Gasteiger partial charge on any atom is 0.309 e. The van der Waals surface area contributed by atoms with Gasteiger partial charge in [0.05, 0.1) is 5.41 Å². The van der Waals surface area contributed by atoms with Gasteiger partial charge in [-0.3, -0.25) is 4.79 Å². The predicted molar refractivity (Wildman–Crippen MR) is 93.2 cm³/mol. The molecule has 3 heteroatoms. The van der Waals surface area contributed by atoms with E-state index in [1.54, 1.807) is 0 Å². The molecule has 0 aromatic rings. The molecule has 3 nitrogen and oxygen atoms in total. The van der Waals surface area contributed by atoms with Gasteiger partial charge in [-0.05, 0) is 68.6 Å². The third-order valence-electron chi connectivity index (χ3n) is 7.08. The topological polar surface area (TPSA) is 57.5 Å². The number of aliphatic hydroxyl groups excluding tert-OH is 1. The first-order valence-electron chi connectivity index (χ1n) is 9.27.